The Hall–Kier alpha value is -0.230. The fraction of sp³-hybridized carbons (Fsp3) is 1.00. The molecule has 0 bridgehead atoms. The molecule has 0 aliphatic heterocycles. The maximum Gasteiger partial charge on any atom is 0.297 e. The molecule has 0 aromatic heterocycles. The van der Waals surface area contributed by atoms with Crippen molar-refractivity contribution in [1.82, 2.24) is 0 Å². The van der Waals surface area contributed by atoms with Crippen LogP contribution in [0.4, 0.5) is 9.23 Å². The van der Waals surface area contributed by atoms with E-state index in [9.17, 15) is 12.9 Å². The average molecular weight is 232 g/mol. The zero-order valence-corrected chi connectivity index (χ0v) is 9.19. The second-order valence-corrected chi connectivity index (χ2v) is 4.74. The second kappa shape index (κ2) is 9.33. The van der Waals surface area contributed by atoms with Crippen molar-refractivity contribution in [2.24, 2.45) is 0 Å². The van der Waals surface area contributed by atoms with Crippen molar-refractivity contribution in [3.05, 3.63) is 0 Å². The first kappa shape index (κ1) is 16.2. The van der Waals surface area contributed by atoms with E-state index < -0.39 is 10.1 Å². The Balaban J connectivity index is 0. The number of halogens is 2. The van der Waals surface area contributed by atoms with Crippen molar-refractivity contribution in [1.29, 1.82) is 0 Å². The molecule has 88 valence electrons. The molecule has 0 aliphatic rings. The van der Waals surface area contributed by atoms with Crippen LogP contribution >= 0.6 is 0 Å². The summed E-state index contributed by atoms with van der Waals surface area (Å²) in [5.74, 6) is -0.213. The van der Waals surface area contributed by atoms with Gasteiger partial charge in [0.25, 0.3) is 10.1 Å². The number of unbranched alkanes of at least 4 members (excludes halogenated alkanes) is 5. The minimum absolute atomic E-state index is 0. The van der Waals surface area contributed by atoms with Crippen LogP contribution in [0.5, 0.6) is 0 Å². The van der Waals surface area contributed by atoms with Crippen LogP contribution in [0.15, 0.2) is 0 Å². The van der Waals surface area contributed by atoms with Crippen LogP contribution in [-0.4, -0.2) is 14.2 Å². The van der Waals surface area contributed by atoms with Crippen LogP contribution in [0.2, 0.25) is 0 Å². The Morgan fingerprint density at radius 2 is 1.57 bits per heavy atom. The Morgan fingerprint density at radius 3 is 2.07 bits per heavy atom. The monoisotopic (exact) mass is 232 g/mol. The third kappa shape index (κ3) is 9.85. The molecule has 3 nitrogen and oxygen atoms in total. The Morgan fingerprint density at radius 1 is 1.07 bits per heavy atom. The molecule has 0 N–H and O–H groups in total. The van der Waals surface area contributed by atoms with Gasteiger partial charge in [0.05, 0.1) is 5.75 Å². The fourth-order valence-corrected chi connectivity index (χ4v) is 1.71. The van der Waals surface area contributed by atoms with Gasteiger partial charge in [-0.15, -0.1) is 0 Å². The van der Waals surface area contributed by atoms with E-state index in [-0.39, 0.29) is 10.5 Å². The molecular formula is C8H18F2O3S. The summed E-state index contributed by atoms with van der Waals surface area (Å²) in [6.07, 6.45) is 5.76. The lowest BCUT2D eigenvalue weighted by atomic mass is 10.1. The molecule has 6 heteroatoms. The fourth-order valence-electron chi connectivity index (χ4n) is 1.09. The maximum absolute atomic E-state index is 11.3. The molecule has 14 heavy (non-hydrogen) atoms. The van der Waals surface area contributed by atoms with Gasteiger partial charge in [0.1, 0.15) is 0 Å². The molecule has 0 saturated heterocycles. The smallest absolute Gasteiger partial charge is 0.269 e. The molecule has 0 rings (SSSR count). The van der Waals surface area contributed by atoms with Gasteiger partial charge in [-0.3, -0.25) is 4.70 Å². The highest BCUT2D eigenvalue weighted by atomic mass is 32.2. The molecule has 0 aliphatic carbocycles. The Bertz CT molecular complexity index is 205. The first-order valence-electron chi connectivity index (χ1n) is 4.65. The molecule has 0 aromatic carbocycles. The van der Waals surface area contributed by atoms with Gasteiger partial charge >= 0.3 is 0 Å². The van der Waals surface area contributed by atoms with Crippen LogP contribution in [0.3, 0.4) is 0 Å². The van der Waals surface area contributed by atoms with Gasteiger partial charge in [-0.05, 0) is 10.9 Å². The summed E-state index contributed by atoms with van der Waals surface area (Å²) in [5, 5.41) is 0. The van der Waals surface area contributed by atoms with Gasteiger partial charge < -0.3 is 0 Å². The van der Waals surface area contributed by atoms with E-state index in [2.05, 4.69) is 11.3 Å². The van der Waals surface area contributed by atoms with E-state index in [1.165, 1.54) is 6.42 Å². The van der Waals surface area contributed by atoms with Crippen molar-refractivity contribution in [2.75, 3.05) is 5.75 Å². The molecule has 0 spiro atoms. The third-order valence-electron chi connectivity index (χ3n) is 1.84. The summed E-state index contributed by atoms with van der Waals surface area (Å²) in [4.78, 5) is 0. The van der Waals surface area contributed by atoms with E-state index in [4.69, 9.17) is 0 Å². The Labute approximate surface area is 84.0 Å². The Kier molecular flexibility index (Phi) is 10.8. The number of rotatable bonds is 8. The molecule has 0 heterocycles. The van der Waals surface area contributed by atoms with E-state index in [0.717, 1.165) is 25.7 Å². The van der Waals surface area contributed by atoms with Crippen molar-refractivity contribution >= 4 is 10.1 Å². The highest BCUT2D eigenvalue weighted by molar-refractivity contribution is 7.86. The summed E-state index contributed by atoms with van der Waals surface area (Å²) in [5.41, 5.74) is 0. The summed E-state index contributed by atoms with van der Waals surface area (Å²) in [7, 11) is -3.88. The van der Waals surface area contributed by atoms with Crippen LogP contribution in [0, 0.1) is 0 Å². The van der Waals surface area contributed by atoms with E-state index in [1.54, 1.807) is 0 Å². The quantitative estimate of drug-likeness (QED) is 0.604. The summed E-state index contributed by atoms with van der Waals surface area (Å²) >= 11 is 0. The molecule has 0 fully saturated rings. The standard InChI is InChI=1S/C8H17FO3S.FH/c1-2-3-4-5-6-7-8-13(10,11)12-9;/h2-8H2,1H3;1H. The predicted molar refractivity (Wildman–Crippen MR) is 51.9 cm³/mol. The lowest BCUT2D eigenvalue weighted by molar-refractivity contribution is 0.00288. The summed E-state index contributed by atoms with van der Waals surface area (Å²) in [6.45, 7) is 2.11. The molecule has 0 amide bonds. The van der Waals surface area contributed by atoms with Crippen molar-refractivity contribution in [2.45, 2.75) is 45.4 Å². The molecule has 0 saturated carbocycles. The number of hydrogen-bond acceptors (Lipinski definition) is 3. The van der Waals surface area contributed by atoms with Crippen molar-refractivity contribution < 1.29 is 22.0 Å². The van der Waals surface area contributed by atoms with Gasteiger partial charge in [-0.1, -0.05) is 43.4 Å². The van der Waals surface area contributed by atoms with Gasteiger partial charge in [0.15, 0.2) is 0 Å². The second-order valence-electron chi connectivity index (χ2n) is 3.09. The van der Waals surface area contributed by atoms with Crippen LogP contribution < -0.4 is 0 Å². The van der Waals surface area contributed by atoms with Gasteiger partial charge in [0.2, 0.25) is 0 Å². The number of hydrogen-bond donors (Lipinski definition) is 0. The first-order valence-corrected chi connectivity index (χ1v) is 6.23. The lowest BCUT2D eigenvalue weighted by Crippen LogP contribution is -2.05. The van der Waals surface area contributed by atoms with Crippen molar-refractivity contribution in [3.8, 4) is 0 Å². The average Bonchev–Trinajstić information content (AvgIpc) is 2.11. The minimum atomic E-state index is -3.88. The van der Waals surface area contributed by atoms with E-state index in [1.807, 2.05) is 0 Å². The topological polar surface area (TPSA) is 43.4 Å². The highest BCUT2D eigenvalue weighted by Crippen LogP contribution is 2.07. The molecule has 0 aromatic rings. The van der Waals surface area contributed by atoms with Gasteiger partial charge in [0, 0.05) is 0 Å². The summed E-state index contributed by atoms with van der Waals surface area (Å²) in [6, 6.07) is 0. The molecule has 0 radical (unpaired) electrons. The van der Waals surface area contributed by atoms with E-state index >= 15 is 0 Å². The van der Waals surface area contributed by atoms with Gasteiger partial charge in [-0.25, -0.2) is 0 Å². The predicted octanol–water partition coefficient (Wildman–Crippen LogP) is 2.73. The highest BCUT2D eigenvalue weighted by Gasteiger charge is 2.09. The van der Waals surface area contributed by atoms with E-state index in [0.29, 0.717) is 6.42 Å². The zero-order valence-electron chi connectivity index (χ0n) is 8.37. The van der Waals surface area contributed by atoms with Crippen LogP contribution in [-0.2, 0) is 14.5 Å². The molecule has 0 unspecified atom stereocenters. The molecule has 0 atom stereocenters. The first-order chi connectivity index (χ1) is 6.12. The minimum Gasteiger partial charge on any atom is -0.269 e. The molecular weight excluding hydrogens is 214 g/mol. The largest absolute Gasteiger partial charge is 0.297 e. The lowest BCUT2D eigenvalue weighted by Gasteiger charge is -1.99. The van der Waals surface area contributed by atoms with Gasteiger partial charge in [-0.2, -0.15) is 8.42 Å². The normalized spacial score (nSPS) is 11.0. The SMILES string of the molecule is CCCCCCCCS(=O)(=O)OF.F. The third-order valence-corrected chi connectivity index (χ3v) is 2.82. The maximum atomic E-state index is 11.3. The van der Waals surface area contributed by atoms with Crippen LogP contribution in [0.1, 0.15) is 45.4 Å². The van der Waals surface area contributed by atoms with Crippen molar-refractivity contribution in [3.63, 3.8) is 0 Å². The summed E-state index contributed by atoms with van der Waals surface area (Å²) < 4.78 is 35.1. The zero-order chi connectivity index (χ0) is 10.2. The van der Waals surface area contributed by atoms with Crippen LogP contribution in [0.25, 0.3) is 0 Å².